The second-order valence-corrected chi connectivity index (χ2v) is 5.35. The summed E-state index contributed by atoms with van der Waals surface area (Å²) in [5.74, 6) is -0.990. The molecule has 1 atom stereocenters. The van der Waals surface area contributed by atoms with Gasteiger partial charge in [-0.2, -0.15) is 0 Å². The van der Waals surface area contributed by atoms with E-state index in [4.69, 9.17) is 14.2 Å². The maximum absolute atomic E-state index is 12.4. The molecule has 2 aromatic rings. The Hall–Kier alpha value is -3.62. The van der Waals surface area contributed by atoms with Crippen molar-refractivity contribution in [2.75, 3.05) is 19.5 Å². The molecule has 1 unspecified atom stereocenters. The van der Waals surface area contributed by atoms with Crippen LogP contribution in [0.15, 0.2) is 42.5 Å². The molecule has 9 heteroatoms. The van der Waals surface area contributed by atoms with E-state index in [0.717, 1.165) is 0 Å². The van der Waals surface area contributed by atoms with Crippen molar-refractivity contribution in [3.63, 3.8) is 0 Å². The number of nitrogens with zero attached hydrogens (tertiary/aromatic N) is 1. The third-order valence-corrected chi connectivity index (χ3v) is 3.63. The standard InChI is InChI=1S/C18H18N2O7/c1-11(17(21)19-13-8-4-5-9-14(13)20(23)24)27-18(22)12-7-6-10-15(25-2)16(12)26-3/h4-11H,1-3H3,(H,19,21). The first-order chi connectivity index (χ1) is 12.9. The Morgan fingerprint density at radius 1 is 1.07 bits per heavy atom. The van der Waals surface area contributed by atoms with E-state index in [9.17, 15) is 19.7 Å². The number of nitro groups is 1. The Kier molecular flexibility index (Phi) is 6.32. The van der Waals surface area contributed by atoms with Gasteiger partial charge in [-0.25, -0.2) is 4.79 Å². The van der Waals surface area contributed by atoms with E-state index in [-0.39, 0.29) is 22.7 Å². The molecule has 1 N–H and O–H groups in total. The number of amides is 1. The quantitative estimate of drug-likeness (QED) is 0.450. The number of methoxy groups -OCH3 is 2. The summed E-state index contributed by atoms with van der Waals surface area (Å²) in [5.41, 5.74) is -0.171. The molecule has 1 amide bonds. The van der Waals surface area contributed by atoms with Gasteiger partial charge >= 0.3 is 5.97 Å². The topological polar surface area (TPSA) is 117 Å². The molecule has 9 nitrogen and oxygen atoms in total. The van der Waals surface area contributed by atoms with Crippen LogP contribution in [0.3, 0.4) is 0 Å². The summed E-state index contributed by atoms with van der Waals surface area (Å²) in [7, 11) is 2.80. The molecule has 0 heterocycles. The second kappa shape index (κ2) is 8.65. The molecule has 2 aromatic carbocycles. The fourth-order valence-corrected chi connectivity index (χ4v) is 2.30. The Balaban J connectivity index is 2.13. The molecule has 0 saturated heterocycles. The number of nitrogens with one attached hydrogen (secondary N) is 1. The maximum Gasteiger partial charge on any atom is 0.342 e. The second-order valence-electron chi connectivity index (χ2n) is 5.35. The third kappa shape index (κ3) is 4.51. The molecule has 0 spiro atoms. The highest BCUT2D eigenvalue weighted by molar-refractivity contribution is 5.99. The number of hydrogen-bond donors (Lipinski definition) is 1. The third-order valence-electron chi connectivity index (χ3n) is 3.63. The molecule has 0 bridgehead atoms. The van der Waals surface area contributed by atoms with E-state index < -0.39 is 22.9 Å². The van der Waals surface area contributed by atoms with Crippen LogP contribution in [-0.2, 0) is 9.53 Å². The average molecular weight is 374 g/mol. The molecule has 0 fully saturated rings. The van der Waals surface area contributed by atoms with Gasteiger partial charge in [-0.3, -0.25) is 14.9 Å². The molecule has 0 radical (unpaired) electrons. The number of para-hydroxylation sites is 3. The van der Waals surface area contributed by atoms with E-state index in [1.807, 2.05) is 0 Å². The fourth-order valence-electron chi connectivity index (χ4n) is 2.30. The van der Waals surface area contributed by atoms with Gasteiger partial charge in [0.05, 0.1) is 19.1 Å². The molecule has 0 aliphatic carbocycles. The summed E-state index contributed by atoms with van der Waals surface area (Å²) >= 11 is 0. The SMILES string of the molecule is COc1cccc(C(=O)OC(C)C(=O)Nc2ccccc2[N+](=O)[O-])c1OC. The van der Waals surface area contributed by atoms with Crippen molar-refractivity contribution in [1.82, 2.24) is 0 Å². The van der Waals surface area contributed by atoms with Gasteiger partial charge in [0.2, 0.25) is 0 Å². The van der Waals surface area contributed by atoms with Crippen LogP contribution in [0.1, 0.15) is 17.3 Å². The van der Waals surface area contributed by atoms with Gasteiger partial charge < -0.3 is 19.5 Å². The number of benzene rings is 2. The van der Waals surface area contributed by atoms with Crippen LogP contribution in [0.4, 0.5) is 11.4 Å². The zero-order chi connectivity index (χ0) is 20.0. The summed E-state index contributed by atoms with van der Waals surface area (Å²) in [6.45, 7) is 1.36. The van der Waals surface area contributed by atoms with Crippen molar-refractivity contribution in [2.24, 2.45) is 0 Å². The van der Waals surface area contributed by atoms with Crippen molar-refractivity contribution in [3.8, 4) is 11.5 Å². The number of hydrogen-bond acceptors (Lipinski definition) is 7. The molecule has 27 heavy (non-hydrogen) atoms. The number of rotatable bonds is 7. The molecule has 0 aliphatic heterocycles. The molecule has 0 aliphatic rings. The number of nitro benzene ring substituents is 1. The molecule has 142 valence electrons. The summed E-state index contributed by atoms with van der Waals surface area (Å²) in [6.07, 6.45) is -1.20. The number of carbonyl (C=O) groups excluding carboxylic acids is 2. The van der Waals surface area contributed by atoms with Gasteiger partial charge in [0, 0.05) is 6.07 Å². The first-order valence-corrected chi connectivity index (χ1v) is 7.85. The lowest BCUT2D eigenvalue weighted by Gasteiger charge is -2.16. The van der Waals surface area contributed by atoms with Crippen molar-refractivity contribution >= 4 is 23.3 Å². The van der Waals surface area contributed by atoms with Crippen LogP contribution in [-0.4, -0.2) is 37.1 Å². The van der Waals surface area contributed by atoms with Crippen molar-refractivity contribution in [1.29, 1.82) is 0 Å². The normalized spacial score (nSPS) is 11.2. The van der Waals surface area contributed by atoms with Crippen LogP contribution in [0.2, 0.25) is 0 Å². The van der Waals surface area contributed by atoms with E-state index >= 15 is 0 Å². The lowest BCUT2D eigenvalue weighted by molar-refractivity contribution is -0.383. The maximum atomic E-state index is 12.4. The minimum absolute atomic E-state index is 0.00867. The highest BCUT2D eigenvalue weighted by Crippen LogP contribution is 2.31. The van der Waals surface area contributed by atoms with Gasteiger partial charge in [-0.05, 0) is 25.1 Å². The van der Waals surface area contributed by atoms with Crippen LogP contribution in [0, 0.1) is 10.1 Å². The predicted molar refractivity (Wildman–Crippen MR) is 96.1 cm³/mol. The highest BCUT2D eigenvalue weighted by Gasteiger charge is 2.24. The Morgan fingerprint density at radius 2 is 1.78 bits per heavy atom. The minimum atomic E-state index is -1.20. The molecule has 2 rings (SSSR count). The van der Waals surface area contributed by atoms with Gasteiger partial charge in [0.25, 0.3) is 11.6 Å². The fraction of sp³-hybridized carbons (Fsp3) is 0.222. The summed E-state index contributed by atoms with van der Waals surface area (Å²) in [5, 5.41) is 13.4. The minimum Gasteiger partial charge on any atom is -0.493 e. The van der Waals surface area contributed by atoms with Gasteiger partial charge in [-0.1, -0.05) is 18.2 Å². The van der Waals surface area contributed by atoms with E-state index in [0.29, 0.717) is 5.75 Å². The smallest absolute Gasteiger partial charge is 0.342 e. The number of carbonyl (C=O) groups is 2. The number of anilines is 1. The van der Waals surface area contributed by atoms with Crippen molar-refractivity contribution in [3.05, 3.63) is 58.1 Å². The average Bonchev–Trinajstić information content (AvgIpc) is 2.67. The predicted octanol–water partition coefficient (Wildman–Crippen LogP) is 2.80. The zero-order valence-electron chi connectivity index (χ0n) is 14.9. The Morgan fingerprint density at radius 3 is 2.41 bits per heavy atom. The summed E-state index contributed by atoms with van der Waals surface area (Å²) in [4.78, 5) is 35.0. The first kappa shape index (κ1) is 19.7. The molecular weight excluding hydrogens is 356 g/mol. The Bertz CT molecular complexity index is 867. The van der Waals surface area contributed by atoms with Crippen LogP contribution < -0.4 is 14.8 Å². The monoisotopic (exact) mass is 374 g/mol. The Labute approximate surface area is 155 Å². The largest absolute Gasteiger partial charge is 0.493 e. The van der Waals surface area contributed by atoms with Crippen LogP contribution >= 0.6 is 0 Å². The van der Waals surface area contributed by atoms with Crippen LogP contribution in [0.5, 0.6) is 11.5 Å². The lowest BCUT2D eigenvalue weighted by Crippen LogP contribution is -2.30. The highest BCUT2D eigenvalue weighted by atomic mass is 16.6. The van der Waals surface area contributed by atoms with Gasteiger partial charge in [-0.15, -0.1) is 0 Å². The van der Waals surface area contributed by atoms with Gasteiger partial charge in [0.15, 0.2) is 17.6 Å². The van der Waals surface area contributed by atoms with Crippen LogP contribution in [0.25, 0.3) is 0 Å². The molecule has 0 aromatic heterocycles. The summed E-state index contributed by atoms with van der Waals surface area (Å²) < 4.78 is 15.4. The van der Waals surface area contributed by atoms with Crippen molar-refractivity contribution < 1.29 is 28.7 Å². The van der Waals surface area contributed by atoms with E-state index in [1.54, 1.807) is 18.2 Å². The number of ether oxygens (including phenoxy) is 3. The summed E-state index contributed by atoms with van der Waals surface area (Å²) in [6, 6.07) is 10.3. The molecular formula is C18H18N2O7. The van der Waals surface area contributed by atoms with Crippen molar-refractivity contribution in [2.45, 2.75) is 13.0 Å². The first-order valence-electron chi connectivity index (χ1n) is 7.85. The number of esters is 1. The van der Waals surface area contributed by atoms with E-state index in [1.165, 1.54) is 45.4 Å². The van der Waals surface area contributed by atoms with Gasteiger partial charge in [0.1, 0.15) is 11.3 Å². The zero-order valence-corrected chi connectivity index (χ0v) is 14.9. The van der Waals surface area contributed by atoms with E-state index in [2.05, 4.69) is 5.32 Å². The molecule has 0 saturated carbocycles. The lowest BCUT2D eigenvalue weighted by atomic mass is 10.2.